The molecule has 6 heteroatoms. The Morgan fingerprint density at radius 2 is 1.79 bits per heavy atom. The number of nitrogens with zero attached hydrogens (tertiary/aromatic N) is 3. The summed E-state index contributed by atoms with van der Waals surface area (Å²) in [5.74, 6) is -0.221. The smallest absolute Gasteiger partial charge is 0.270 e. The number of carbonyl (C=O) groups is 1. The summed E-state index contributed by atoms with van der Waals surface area (Å²) in [5.41, 5.74) is 3.16. The van der Waals surface area contributed by atoms with Gasteiger partial charge in [-0.1, -0.05) is 6.07 Å². The molecule has 2 N–H and O–H groups in total. The zero-order valence-corrected chi connectivity index (χ0v) is 13.0. The van der Waals surface area contributed by atoms with E-state index >= 15 is 0 Å². The number of carbonyl (C=O) groups excluding carboxylic acids is 1. The van der Waals surface area contributed by atoms with Crippen LogP contribution in [0.1, 0.15) is 21.7 Å². The molecule has 0 bridgehead atoms. The van der Waals surface area contributed by atoms with Crippen LogP contribution in [0.4, 0.5) is 5.69 Å². The fourth-order valence-corrected chi connectivity index (χ4v) is 2.10. The lowest BCUT2D eigenvalue weighted by Gasteiger charge is -2.07. The van der Waals surface area contributed by atoms with E-state index in [1.807, 2.05) is 36.4 Å². The predicted molar refractivity (Wildman–Crippen MR) is 91.2 cm³/mol. The maximum Gasteiger partial charge on any atom is 0.270 e. The lowest BCUT2D eigenvalue weighted by Crippen LogP contribution is -2.24. The molecular formula is C18H17N5O. The second-order valence-electron chi connectivity index (χ2n) is 5.14. The highest BCUT2D eigenvalue weighted by atomic mass is 16.1. The molecule has 0 fully saturated rings. The molecule has 0 unspecified atom stereocenters. The fraction of sp³-hybridized carbons (Fsp3) is 0.111. The van der Waals surface area contributed by atoms with Gasteiger partial charge in [0.15, 0.2) is 0 Å². The Morgan fingerprint density at radius 3 is 2.50 bits per heavy atom. The minimum atomic E-state index is -0.221. The van der Waals surface area contributed by atoms with Gasteiger partial charge < -0.3 is 10.6 Å². The van der Waals surface area contributed by atoms with Gasteiger partial charge in [0.2, 0.25) is 0 Å². The van der Waals surface area contributed by atoms with Crippen LogP contribution in [0.2, 0.25) is 0 Å². The molecule has 0 atom stereocenters. The van der Waals surface area contributed by atoms with Gasteiger partial charge in [0.25, 0.3) is 5.91 Å². The normalized spacial score (nSPS) is 10.2. The van der Waals surface area contributed by atoms with Crippen molar-refractivity contribution in [1.29, 1.82) is 0 Å². The van der Waals surface area contributed by atoms with Crippen LogP contribution < -0.4 is 10.6 Å². The van der Waals surface area contributed by atoms with Crippen molar-refractivity contribution in [2.24, 2.45) is 0 Å². The number of nitrogens with one attached hydrogen (secondary N) is 2. The first-order valence-corrected chi connectivity index (χ1v) is 7.58. The van der Waals surface area contributed by atoms with Crippen LogP contribution in [-0.4, -0.2) is 20.9 Å². The van der Waals surface area contributed by atoms with Crippen LogP contribution in [0.5, 0.6) is 0 Å². The summed E-state index contributed by atoms with van der Waals surface area (Å²) in [5, 5.41) is 6.05. The maximum absolute atomic E-state index is 12.1. The van der Waals surface area contributed by atoms with Crippen molar-refractivity contribution < 1.29 is 4.79 Å². The summed E-state index contributed by atoms with van der Waals surface area (Å²) in [6.07, 6.45) is 6.86. The van der Waals surface area contributed by atoms with Gasteiger partial charge in [-0.2, -0.15) is 0 Å². The minimum absolute atomic E-state index is 0.221. The molecule has 24 heavy (non-hydrogen) atoms. The van der Waals surface area contributed by atoms with Crippen LogP contribution in [0.3, 0.4) is 0 Å². The Morgan fingerprint density at radius 1 is 0.917 bits per heavy atom. The molecule has 3 heterocycles. The molecule has 0 spiro atoms. The van der Waals surface area contributed by atoms with E-state index in [4.69, 9.17) is 0 Å². The van der Waals surface area contributed by atoms with Crippen molar-refractivity contribution in [2.45, 2.75) is 13.1 Å². The second-order valence-corrected chi connectivity index (χ2v) is 5.14. The first-order chi connectivity index (χ1) is 11.8. The summed E-state index contributed by atoms with van der Waals surface area (Å²) >= 11 is 0. The number of rotatable bonds is 6. The highest BCUT2D eigenvalue weighted by Crippen LogP contribution is 2.08. The topological polar surface area (TPSA) is 79.8 Å². The number of amides is 1. The Labute approximate surface area is 140 Å². The first kappa shape index (κ1) is 15.6. The molecule has 0 aliphatic rings. The van der Waals surface area contributed by atoms with Gasteiger partial charge >= 0.3 is 0 Å². The highest BCUT2D eigenvalue weighted by Gasteiger charge is 2.07. The van der Waals surface area contributed by atoms with Gasteiger partial charge in [0, 0.05) is 25.1 Å². The predicted octanol–water partition coefficient (Wildman–Crippen LogP) is 2.41. The Balaban J connectivity index is 1.53. The summed E-state index contributed by atoms with van der Waals surface area (Å²) in [6, 6.07) is 13.0. The van der Waals surface area contributed by atoms with Crippen molar-refractivity contribution >= 4 is 11.6 Å². The molecule has 0 aliphatic heterocycles. The summed E-state index contributed by atoms with van der Waals surface area (Å²) in [6.45, 7) is 1.05. The fourth-order valence-electron chi connectivity index (χ4n) is 2.10. The van der Waals surface area contributed by atoms with Crippen molar-refractivity contribution in [3.05, 3.63) is 84.2 Å². The molecule has 1 amide bonds. The third-order valence-electron chi connectivity index (χ3n) is 3.40. The standard InChI is InChI=1S/C18H17N5O/c24-18(23-13-15-3-1-2-8-20-15)17-5-4-16(12-22-17)21-11-14-6-9-19-10-7-14/h1-10,12,21H,11,13H2,(H,23,24). The van der Waals surface area contributed by atoms with Gasteiger partial charge in [-0.05, 0) is 42.0 Å². The molecule has 0 aliphatic carbocycles. The van der Waals surface area contributed by atoms with E-state index in [0.717, 1.165) is 16.9 Å². The van der Waals surface area contributed by atoms with E-state index in [2.05, 4.69) is 25.6 Å². The van der Waals surface area contributed by atoms with E-state index in [-0.39, 0.29) is 5.91 Å². The Bertz CT molecular complexity index is 776. The molecule has 0 radical (unpaired) electrons. The highest BCUT2D eigenvalue weighted by molar-refractivity contribution is 5.92. The summed E-state index contributed by atoms with van der Waals surface area (Å²) < 4.78 is 0. The third kappa shape index (κ3) is 4.36. The first-order valence-electron chi connectivity index (χ1n) is 7.58. The summed E-state index contributed by atoms with van der Waals surface area (Å²) in [7, 11) is 0. The van der Waals surface area contributed by atoms with Crippen LogP contribution >= 0.6 is 0 Å². The zero-order valence-electron chi connectivity index (χ0n) is 13.0. The number of hydrogen-bond acceptors (Lipinski definition) is 5. The van der Waals surface area contributed by atoms with E-state index < -0.39 is 0 Å². The van der Waals surface area contributed by atoms with E-state index in [1.54, 1.807) is 30.9 Å². The molecule has 3 rings (SSSR count). The lowest BCUT2D eigenvalue weighted by molar-refractivity contribution is 0.0945. The molecule has 3 aromatic heterocycles. The van der Waals surface area contributed by atoms with E-state index in [0.29, 0.717) is 18.8 Å². The van der Waals surface area contributed by atoms with Gasteiger partial charge in [0.05, 0.1) is 24.1 Å². The van der Waals surface area contributed by atoms with Gasteiger partial charge in [-0.15, -0.1) is 0 Å². The van der Waals surface area contributed by atoms with Crippen molar-refractivity contribution in [3.63, 3.8) is 0 Å². The van der Waals surface area contributed by atoms with Gasteiger partial charge in [-0.25, -0.2) is 4.98 Å². The minimum Gasteiger partial charge on any atom is -0.380 e. The second kappa shape index (κ2) is 7.82. The largest absolute Gasteiger partial charge is 0.380 e. The number of pyridine rings is 3. The van der Waals surface area contributed by atoms with Crippen LogP contribution in [0, 0.1) is 0 Å². The number of hydrogen-bond donors (Lipinski definition) is 2. The zero-order chi connectivity index (χ0) is 16.6. The molecule has 0 aromatic carbocycles. The average molecular weight is 319 g/mol. The monoisotopic (exact) mass is 319 g/mol. The average Bonchev–Trinajstić information content (AvgIpc) is 2.66. The Kier molecular flexibility index (Phi) is 5.09. The number of aromatic nitrogens is 3. The molecular weight excluding hydrogens is 302 g/mol. The number of anilines is 1. The third-order valence-corrected chi connectivity index (χ3v) is 3.40. The van der Waals surface area contributed by atoms with E-state index in [9.17, 15) is 4.79 Å². The molecule has 0 saturated carbocycles. The van der Waals surface area contributed by atoms with Crippen LogP contribution in [0.25, 0.3) is 0 Å². The van der Waals surface area contributed by atoms with Crippen molar-refractivity contribution in [3.8, 4) is 0 Å². The van der Waals surface area contributed by atoms with Gasteiger partial charge in [-0.3, -0.25) is 14.8 Å². The molecule has 6 nitrogen and oxygen atoms in total. The lowest BCUT2D eigenvalue weighted by atomic mass is 10.2. The Hall–Kier alpha value is -3.28. The van der Waals surface area contributed by atoms with Crippen LogP contribution in [-0.2, 0) is 13.1 Å². The van der Waals surface area contributed by atoms with Crippen molar-refractivity contribution in [1.82, 2.24) is 20.3 Å². The molecule has 120 valence electrons. The SMILES string of the molecule is O=C(NCc1ccccn1)c1ccc(NCc2ccncc2)cn1. The quantitative estimate of drug-likeness (QED) is 0.729. The summed E-state index contributed by atoms with van der Waals surface area (Å²) in [4.78, 5) is 24.4. The van der Waals surface area contributed by atoms with Gasteiger partial charge in [0.1, 0.15) is 5.69 Å². The maximum atomic E-state index is 12.1. The van der Waals surface area contributed by atoms with Crippen molar-refractivity contribution in [2.75, 3.05) is 5.32 Å². The molecule has 3 aromatic rings. The van der Waals surface area contributed by atoms with Crippen LogP contribution in [0.15, 0.2) is 67.3 Å². The molecule has 0 saturated heterocycles. The van der Waals surface area contributed by atoms with E-state index in [1.165, 1.54) is 0 Å².